The van der Waals surface area contributed by atoms with Crippen molar-refractivity contribution in [2.45, 2.75) is 18.9 Å². The van der Waals surface area contributed by atoms with Crippen molar-refractivity contribution < 1.29 is 9.53 Å². The van der Waals surface area contributed by atoms with Crippen LogP contribution in [0.4, 0.5) is 4.79 Å². The zero-order valence-electron chi connectivity index (χ0n) is 10.5. The summed E-state index contributed by atoms with van der Waals surface area (Å²) in [5.41, 5.74) is 0. The molecule has 1 fully saturated rings. The number of carbonyl (C=O) groups is 1. The average Bonchev–Trinajstić information content (AvgIpc) is 2.69. The number of hydrogen-bond acceptors (Lipinski definition) is 3. The second-order valence-electron chi connectivity index (χ2n) is 4.59. The van der Waals surface area contributed by atoms with Gasteiger partial charge < -0.3 is 19.9 Å². The highest BCUT2D eigenvalue weighted by atomic mass is 16.5. The molecule has 94 valence electrons. The van der Waals surface area contributed by atoms with Crippen LogP contribution in [0.3, 0.4) is 0 Å². The topological polar surface area (TPSA) is 44.8 Å². The first kappa shape index (κ1) is 13.3. The third-order valence-corrected chi connectivity index (χ3v) is 2.70. The summed E-state index contributed by atoms with van der Waals surface area (Å²) in [6, 6.07) is 0.207. The number of hydrogen-bond donors (Lipinski definition) is 1. The highest BCUT2D eigenvalue weighted by molar-refractivity contribution is 5.74. The molecule has 0 bridgehead atoms. The Morgan fingerprint density at radius 3 is 2.69 bits per heavy atom. The maximum absolute atomic E-state index is 11.7. The smallest absolute Gasteiger partial charge is 0.317 e. The minimum atomic E-state index is 0.00857. The molecule has 2 amide bonds. The van der Waals surface area contributed by atoms with Crippen molar-refractivity contribution in [1.82, 2.24) is 15.1 Å². The van der Waals surface area contributed by atoms with Crippen LogP contribution in [0.15, 0.2) is 0 Å². The van der Waals surface area contributed by atoms with Gasteiger partial charge in [-0.25, -0.2) is 4.79 Å². The summed E-state index contributed by atoms with van der Waals surface area (Å²) in [7, 11) is 5.91. The Morgan fingerprint density at radius 1 is 1.38 bits per heavy atom. The van der Waals surface area contributed by atoms with Gasteiger partial charge in [0.05, 0.1) is 12.6 Å². The van der Waals surface area contributed by atoms with E-state index in [1.165, 1.54) is 0 Å². The molecule has 16 heavy (non-hydrogen) atoms. The lowest BCUT2D eigenvalue weighted by atomic mass is 10.3. The number of rotatable bonds is 5. The van der Waals surface area contributed by atoms with Crippen LogP contribution in [0.5, 0.6) is 0 Å². The lowest BCUT2D eigenvalue weighted by Gasteiger charge is -2.21. The van der Waals surface area contributed by atoms with Crippen molar-refractivity contribution in [2.24, 2.45) is 0 Å². The Morgan fingerprint density at radius 2 is 2.12 bits per heavy atom. The van der Waals surface area contributed by atoms with Gasteiger partial charge in [0, 0.05) is 20.2 Å². The molecule has 1 N–H and O–H groups in total. The number of urea groups is 1. The van der Waals surface area contributed by atoms with Crippen LogP contribution in [-0.4, -0.2) is 69.3 Å². The summed E-state index contributed by atoms with van der Waals surface area (Å²) in [6.45, 7) is 3.20. The van der Waals surface area contributed by atoms with Crippen LogP contribution >= 0.6 is 0 Å². The maximum Gasteiger partial charge on any atom is 0.317 e. The Hall–Kier alpha value is -0.810. The molecule has 0 radical (unpaired) electrons. The molecular formula is C11H23N3O2. The molecule has 5 nitrogen and oxygen atoms in total. The van der Waals surface area contributed by atoms with Crippen molar-refractivity contribution >= 4 is 6.03 Å². The quantitative estimate of drug-likeness (QED) is 0.741. The standard InChI is InChI=1S/C11H23N3O2/c1-13(2)6-4-7-14(3)11(15)12-10-5-8-16-9-10/h10H,4-9H2,1-3H3,(H,12,15). The number of ether oxygens (including phenoxy) is 1. The zero-order valence-corrected chi connectivity index (χ0v) is 10.5. The van der Waals surface area contributed by atoms with Gasteiger partial charge in [0.15, 0.2) is 0 Å². The third kappa shape index (κ3) is 4.81. The molecule has 1 unspecified atom stereocenters. The van der Waals surface area contributed by atoms with E-state index < -0.39 is 0 Å². The molecule has 0 aliphatic carbocycles. The van der Waals surface area contributed by atoms with Crippen LogP contribution in [0.1, 0.15) is 12.8 Å². The molecule has 1 rings (SSSR count). The minimum absolute atomic E-state index is 0.00857. The van der Waals surface area contributed by atoms with Crippen molar-refractivity contribution in [1.29, 1.82) is 0 Å². The molecule has 1 aliphatic heterocycles. The number of nitrogens with zero attached hydrogens (tertiary/aromatic N) is 2. The first-order valence-corrected chi connectivity index (χ1v) is 5.83. The van der Waals surface area contributed by atoms with E-state index in [-0.39, 0.29) is 12.1 Å². The van der Waals surface area contributed by atoms with Gasteiger partial charge in [0.2, 0.25) is 0 Å². The first-order valence-electron chi connectivity index (χ1n) is 5.83. The first-order chi connectivity index (χ1) is 7.59. The second kappa shape index (κ2) is 6.70. The van der Waals surface area contributed by atoms with E-state index in [1.54, 1.807) is 4.90 Å². The van der Waals surface area contributed by atoms with Gasteiger partial charge in [-0.2, -0.15) is 0 Å². The van der Waals surface area contributed by atoms with Gasteiger partial charge in [0.25, 0.3) is 0 Å². The Labute approximate surface area is 97.7 Å². The van der Waals surface area contributed by atoms with Gasteiger partial charge in [-0.1, -0.05) is 0 Å². The Bertz CT molecular complexity index is 215. The van der Waals surface area contributed by atoms with E-state index in [1.807, 2.05) is 21.1 Å². The maximum atomic E-state index is 11.7. The fourth-order valence-electron chi connectivity index (χ4n) is 1.66. The summed E-state index contributed by atoms with van der Waals surface area (Å²) in [5.74, 6) is 0. The molecule has 1 saturated heterocycles. The SMILES string of the molecule is CN(C)CCCN(C)C(=O)NC1CCOC1. The van der Waals surface area contributed by atoms with Gasteiger partial charge in [-0.15, -0.1) is 0 Å². The highest BCUT2D eigenvalue weighted by Gasteiger charge is 2.19. The van der Waals surface area contributed by atoms with Crippen LogP contribution in [0.2, 0.25) is 0 Å². The number of carbonyl (C=O) groups excluding carboxylic acids is 1. The van der Waals surface area contributed by atoms with E-state index >= 15 is 0 Å². The normalized spacial score (nSPS) is 20.1. The van der Waals surface area contributed by atoms with Crippen molar-refractivity contribution in [2.75, 3.05) is 47.4 Å². The summed E-state index contributed by atoms with van der Waals surface area (Å²) in [5, 5.41) is 2.97. The predicted molar refractivity (Wildman–Crippen MR) is 63.6 cm³/mol. The van der Waals surface area contributed by atoms with Gasteiger partial charge >= 0.3 is 6.03 Å². The number of nitrogens with one attached hydrogen (secondary N) is 1. The summed E-state index contributed by atoms with van der Waals surface area (Å²) in [6.07, 6.45) is 1.93. The molecule has 1 aliphatic rings. The van der Waals surface area contributed by atoms with E-state index in [2.05, 4.69) is 10.2 Å². The summed E-state index contributed by atoms with van der Waals surface area (Å²) in [4.78, 5) is 15.6. The van der Waals surface area contributed by atoms with E-state index in [9.17, 15) is 4.79 Å². The summed E-state index contributed by atoms with van der Waals surface area (Å²) < 4.78 is 5.21. The van der Waals surface area contributed by atoms with Gasteiger partial charge in [-0.05, 0) is 33.5 Å². The minimum Gasteiger partial charge on any atom is -0.379 e. The second-order valence-corrected chi connectivity index (χ2v) is 4.59. The average molecular weight is 229 g/mol. The van der Waals surface area contributed by atoms with Crippen molar-refractivity contribution in [3.8, 4) is 0 Å². The molecule has 0 aromatic carbocycles. The number of amides is 2. The molecule has 0 aromatic heterocycles. The van der Waals surface area contributed by atoms with Crippen molar-refractivity contribution in [3.05, 3.63) is 0 Å². The largest absolute Gasteiger partial charge is 0.379 e. The predicted octanol–water partition coefficient (Wildman–Crippen LogP) is 0.368. The lowest BCUT2D eigenvalue weighted by Crippen LogP contribution is -2.44. The molecular weight excluding hydrogens is 206 g/mol. The molecule has 1 atom stereocenters. The fourth-order valence-corrected chi connectivity index (χ4v) is 1.66. The monoisotopic (exact) mass is 229 g/mol. The summed E-state index contributed by atoms with van der Waals surface area (Å²) >= 11 is 0. The van der Waals surface area contributed by atoms with Crippen LogP contribution in [0.25, 0.3) is 0 Å². The van der Waals surface area contributed by atoms with E-state index in [0.717, 1.165) is 32.5 Å². The van der Waals surface area contributed by atoms with Gasteiger partial charge in [0.1, 0.15) is 0 Å². The molecule has 0 saturated carbocycles. The Kier molecular flexibility index (Phi) is 5.55. The molecule has 1 heterocycles. The van der Waals surface area contributed by atoms with Crippen LogP contribution < -0.4 is 5.32 Å². The third-order valence-electron chi connectivity index (χ3n) is 2.70. The molecule has 0 aromatic rings. The van der Waals surface area contributed by atoms with Crippen molar-refractivity contribution in [3.63, 3.8) is 0 Å². The zero-order chi connectivity index (χ0) is 12.0. The fraction of sp³-hybridized carbons (Fsp3) is 0.909. The molecule has 0 spiro atoms. The van der Waals surface area contributed by atoms with Crippen LogP contribution in [-0.2, 0) is 4.74 Å². The lowest BCUT2D eigenvalue weighted by molar-refractivity contribution is 0.181. The van der Waals surface area contributed by atoms with E-state index in [4.69, 9.17) is 4.74 Å². The van der Waals surface area contributed by atoms with Crippen LogP contribution in [0, 0.1) is 0 Å². The van der Waals surface area contributed by atoms with Gasteiger partial charge in [-0.3, -0.25) is 0 Å². The van der Waals surface area contributed by atoms with E-state index in [0.29, 0.717) is 6.61 Å². The highest BCUT2D eigenvalue weighted by Crippen LogP contribution is 2.03. The Balaban J connectivity index is 2.14. The molecule has 5 heteroatoms.